The molecule has 1 amide bonds. The van der Waals surface area contributed by atoms with Crippen LogP contribution in [0.4, 0.5) is 8.78 Å². The van der Waals surface area contributed by atoms with Crippen LogP contribution in [-0.4, -0.2) is 58.6 Å². The summed E-state index contributed by atoms with van der Waals surface area (Å²) in [6.07, 6.45) is 10.3. The van der Waals surface area contributed by atoms with Crippen LogP contribution in [0.1, 0.15) is 61.3 Å². The van der Waals surface area contributed by atoms with E-state index in [0.717, 1.165) is 73.6 Å². The molecule has 3 fully saturated rings. The van der Waals surface area contributed by atoms with Crippen LogP contribution in [-0.2, 0) is 0 Å². The van der Waals surface area contributed by atoms with Gasteiger partial charge in [-0.15, -0.1) is 0 Å². The molecule has 5 nitrogen and oxygen atoms in total. The molecule has 0 unspecified atom stereocenters. The van der Waals surface area contributed by atoms with Crippen LogP contribution in [0.2, 0.25) is 0 Å². The number of hydrogen-bond acceptors (Lipinski definition) is 3. The first-order valence-corrected chi connectivity index (χ1v) is 13.3. The lowest BCUT2D eigenvalue weighted by Crippen LogP contribution is -2.46. The fourth-order valence-corrected chi connectivity index (χ4v) is 6.02. The highest BCUT2D eigenvalue weighted by atomic mass is 19.1. The Balaban J connectivity index is 1.06. The standard InChI is InChI=1S/C29H33F2N3O2/c30-21-4-6-26(27(31)19-21)29(35)33-13-9-23(10-14-33)34-17-8-20-18-25(5-7-28(20)34)36-24-11-15-32(16-12-24)22-2-1-3-22/h4-8,17-19,22-24H,1-3,9-16H2. The number of likely N-dealkylation sites (tertiary alicyclic amines) is 2. The minimum Gasteiger partial charge on any atom is -0.490 e. The molecule has 0 spiro atoms. The summed E-state index contributed by atoms with van der Waals surface area (Å²) >= 11 is 0. The summed E-state index contributed by atoms with van der Waals surface area (Å²) in [5, 5.41) is 1.16. The second-order valence-corrected chi connectivity index (χ2v) is 10.5. The van der Waals surface area contributed by atoms with E-state index in [-0.39, 0.29) is 23.6 Å². The summed E-state index contributed by atoms with van der Waals surface area (Å²) in [5.41, 5.74) is 1.10. The quantitative estimate of drug-likeness (QED) is 0.451. The number of amides is 1. The number of carbonyl (C=O) groups excluding carboxylic acids is 1. The van der Waals surface area contributed by atoms with Crippen molar-refractivity contribution in [1.29, 1.82) is 0 Å². The molecule has 0 atom stereocenters. The minimum absolute atomic E-state index is 0.0671. The van der Waals surface area contributed by atoms with Gasteiger partial charge in [-0.2, -0.15) is 0 Å². The molecule has 2 aliphatic heterocycles. The van der Waals surface area contributed by atoms with Crippen molar-refractivity contribution in [3.8, 4) is 5.75 Å². The van der Waals surface area contributed by atoms with Gasteiger partial charge in [0.1, 0.15) is 23.5 Å². The first-order valence-electron chi connectivity index (χ1n) is 13.3. The maximum absolute atomic E-state index is 14.1. The molecule has 2 saturated heterocycles. The molecule has 3 aromatic rings. The molecule has 0 radical (unpaired) electrons. The van der Waals surface area contributed by atoms with Gasteiger partial charge in [0, 0.05) is 61.4 Å². The van der Waals surface area contributed by atoms with Gasteiger partial charge in [0.15, 0.2) is 0 Å². The van der Waals surface area contributed by atoms with Crippen molar-refractivity contribution in [3.63, 3.8) is 0 Å². The largest absolute Gasteiger partial charge is 0.490 e. The lowest BCUT2D eigenvalue weighted by molar-refractivity contribution is 0.0494. The number of rotatable bonds is 5. The Morgan fingerprint density at radius 2 is 1.61 bits per heavy atom. The maximum atomic E-state index is 14.1. The molecule has 3 heterocycles. The van der Waals surface area contributed by atoms with E-state index in [1.54, 1.807) is 4.90 Å². The van der Waals surface area contributed by atoms with E-state index in [9.17, 15) is 13.6 Å². The summed E-state index contributed by atoms with van der Waals surface area (Å²) in [5.74, 6) is -0.918. The summed E-state index contributed by atoms with van der Waals surface area (Å²) in [7, 11) is 0. The zero-order chi connectivity index (χ0) is 24.6. The van der Waals surface area contributed by atoms with Crippen LogP contribution < -0.4 is 4.74 Å². The Bertz CT molecular complexity index is 1240. The highest BCUT2D eigenvalue weighted by Gasteiger charge is 2.30. The summed E-state index contributed by atoms with van der Waals surface area (Å²) in [6, 6.07) is 12.7. The van der Waals surface area contributed by atoms with Crippen molar-refractivity contribution < 1.29 is 18.3 Å². The summed E-state index contributed by atoms with van der Waals surface area (Å²) in [6.45, 7) is 3.37. The van der Waals surface area contributed by atoms with E-state index in [2.05, 4.69) is 39.9 Å². The van der Waals surface area contributed by atoms with E-state index in [1.807, 2.05) is 0 Å². The van der Waals surface area contributed by atoms with Crippen LogP contribution >= 0.6 is 0 Å². The molecular formula is C29H33F2N3O2. The Morgan fingerprint density at radius 1 is 0.833 bits per heavy atom. The van der Waals surface area contributed by atoms with Gasteiger partial charge < -0.3 is 19.1 Å². The summed E-state index contributed by atoms with van der Waals surface area (Å²) < 4.78 is 35.9. The molecule has 1 aliphatic carbocycles. The molecule has 3 aliphatic rings. The second-order valence-electron chi connectivity index (χ2n) is 10.5. The Labute approximate surface area is 210 Å². The van der Waals surface area contributed by atoms with Crippen molar-refractivity contribution in [2.75, 3.05) is 26.2 Å². The number of ether oxygens (including phenoxy) is 1. The van der Waals surface area contributed by atoms with Gasteiger partial charge >= 0.3 is 0 Å². The Morgan fingerprint density at radius 3 is 2.31 bits per heavy atom. The van der Waals surface area contributed by atoms with Crippen LogP contribution in [0, 0.1) is 11.6 Å². The summed E-state index contributed by atoms with van der Waals surface area (Å²) in [4.78, 5) is 17.1. The van der Waals surface area contributed by atoms with Gasteiger partial charge in [0.2, 0.25) is 0 Å². The lowest BCUT2D eigenvalue weighted by Gasteiger charge is -2.41. The zero-order valence-electron chi connectivity index (χ0n) is 20.5. The predicted octanol–water partition coefficient (Wildman–Crippen LogP) is 5.79. The molecular weight excluding hydrogens is 460 g/mol. The number of piperidine rings is 2. The minimum atomic E-state index is -0.805. The normalized spacial score (nSPS) is 20.6. The number of nitrogens with zero attached hydrogens (tertiary/aromatic N) is 3. The Kier molecular flexibility index (Phi) is 6.42. The molecule has 6 rings (SSSR count). The number of halogens is 2. The SMILES string of the molecule is O=C(c1ccc(F)cc1F)N1CCC(n2ccc3cc(OC4CCN(C5CCC5)CC4)ccc32)CC1. The van der Waals surface area contributed by atoms with Gasteiger partial charge in [-0.25, -0.2) is 8.78 Å². The molecule has 0 N–H and O–H groups in total. The molecule has 2 aromatic carbocycles. The van der Waals surface area contributed by atoms with E-state index in [0.29, 0.717) is 13.1 Å². The van der Waals surface area contributed by atoms with Gasteiger partial charge in [0.05, 0.1) is 5.56 Å². The molecule has 0 bridgehead atoms. The fourth-order valence-electron chi connectivity index (χ4n) is 6.02. The third-order valence-electron chi connectivity index (χ3n) is 8.37. The smallest absolute Gasteiger partial charge is 0.256 e. The van der Waals surface area contributed by atoms with Gasteiger partial charge in [-0.1, -0.05) is 6.42 Å². The topological polar surface area (TPSA) is 37.7 Å². The molecule has 1 saturated carbocycles. The van der Waals surface area contributed by atoms with E-state index < -0.39 is 11.6 Å². The molecule has 36 heavy (non-hydrogen) atoms. The van der Waals surface area contributed by atoms with Crippen LogP contribution in [0.15, 0.2) is 48.7 Å². The highest BCUT2D eigenvalue weighted by Crippen LogP contribution is 2.32. The third kappa shape index (κ3) is 4.61. The van der Waals surface area contributed by atoms with Crippen molar-refractivity contribution >= 4 is 16.8 Å². The van der Waals surface area contributed by atoms with Crippen LogP contribution in [0.5, 0.6) is 5.75 Å². The Hall–Kier alpha value is -2.93. The number of benzene rings is 2. The first-order chi connectivity index (χ1) is 17.5. The number of fused-ring (bicyclic) bond motifs is 1. The molecule has 7 heteroatoms. The molecule has 190 valence electrons. The number of aromatic nitrogens is 1. The second kappa shape index (κ2) is 9.85. The maximum Gasteiger partial charge on any atom is 0.256 e. The third-order valence-corrected chi connectivity index (χ3v) is 8.37. The van der Waals surface area contributed by atoms with E-state index >= 15 is 0 Å². The average molecular weight is 494 g/mol. The fraction of sp³-hybridized carbons (Fsp3) is 0.483. The lowest BCUT2D eigenvalue weighted by atomic mass is 9.90. The average Bonchev–Trinajstić information content (AvgIpc) is 3.27. The number of carbonyl (C=O) groups is 1. The van der Waals surface area contributed by atoms with Crippen molar-refractivity contribution in [2.24, 2.45) is 0 Å². The monoisotopic (exact) mass is 493 g/mol. The van der Waals surface area contributed by atoms with Crippen molar-refractivity contribution in [3.05, 3.63) is 65.9 Å². The van der Waals surface area contributed by atoms with E-state index in [4.69, 9.17) is 4.74 Å². The number of hydrogen-bond donors (Lipinski definition) is 0. The van der Waals surface area contributed by atoms with Crippen LogP contribution in [0.3, 0.4) is 0 Å². The highest BCUT2D eigenvalue weighted by molar-refractivity contribution is 5.94. The van der Waals surface area contributed by atoms with Gasteiger partial charge in [-0.3, -0.25) is 4.79 Å². The van der Waals surface area contributed by atoms with E-state index in [1.165, 1.54) is 25.3 Å². The molecule has 1 aromatic heterocycles. The van der Waals surface area contributed by atoms with Gasteiger partial charge in [-0.05, 0) is 74.9 Å². The van der Waals surface area contributed by atoms with Gasteiger partial charge in [0.25, 0.3) is 5.91 Å². The first kappa shape index (κ1) is 23.5. The van der Waals surface area contributed by atoms with Crippen LogP contribution in [0.25, 0.3) is 10.9 Å². The van der Waals surface area contributed by atoms with Crippen molar-refractivity contribution in [1.82, 2.24) is 14.4 Å². The predicted molar refractivity (Wildman–Crippen MR) is 135 cm³/mol. The van der Waals surface area contributed by atoms with Crippen molar-refractivity contribution in [2.45, 2.75) is 63.1 Å². The zero-order valence-corrected chi connectivity index (χ0v) is 20.5.